The van der Waals surface area contributed by atoms with Crippen LogP contribution in [0.5, 0.6) is 5.75 Å². The van der Waals surface area contributed by atoms with Crippen LogP contribution < -0.4 is 10.1 Å². The van der Waals surface area contributed by atoms with Crippen LogP contribution in [0.15, 0.2) is 72.9 Å². The predicted octanol–water partition coefficient (Wildman–Crippen LogP) is 3.85. The molecule has 0 bridgehead atoms. The minimum Gasteiger partial charge on any atom is -0.497 e. The molecule has 2 aliphatic heterocycles. The number of carbonyl (C=O) groups is 1. The van der Waals surface area contributed by atoms with Gasteiger partial charge in [-0.3, -0.25) is 4.90 Å². The second-order valence-electron chi connectivity index (χ2n) is 10.8. The first kappa shape index (κ1) is 29.6. The van der Waals surface area contributed by atoms with Gasteiger partial charge in [0.25, 0.3) is 0 Å². The molecule has 42 heavy (non-hydrogen) atoms. The number of carbonyl (C=O) groups excluding carboxylic acids is 1. The first-order valence-corrected chi connectivity index (χ1v) is 16.0. The standard InChI is InChI=1S/C32H37N5O4S/c1-35(42(3,39)40)22-29-31(25-12-14-26(33-21-25)13-11-24-9-5-4-6-10-24)30-23-36(19-7-8-20-37(29)30)32(38)34-27-15-17-28(41-2)18-16-27/h4-6,9-10,12,14-18,21,29-31H,7-8,19-20,22-23H2,1-3H3,(H,34,38)/t29-,30+,31+/m1/s1. The predicted molar refractivity (Wildman–Crippen MR) is 164 cm³/mol. The van der Waals surface area contributed by atoms with Crippen LogP contribution in [-0.2, 0) is 10.0 Å². The van der Waals surface area contributed by atoms with Gasteiger partial charge in [-0.05, 0) is 73.3 Å². The zero-order chi connectivity index (χ0) is 29.7. The third-order valence-electron chi connectivity index (χ3n) is 8.10. The largest absolute Gasteiger partial charge is 0.497 e. The quantitative estimate of drug-likeness (QED) is 0.441. The molecule has 5 rings (SSSR count). The van der Waals surface area contributed by atoms with Gasteiger partial charge in [0.2, 0.25) is 10.0 Å². The highest BCUT2D eigenvalue weighted by atomic mass is 32.2. The molecule has 3 aromatic rings. The van der Waals surface area contributed by atoms with E-state index < -0.39 is 10.0 Å². The average molecular weight is 588 g/mol. The highest BCUT2D eigenvalue weighted by Gasteiger charge is 2.50. The number of aromatic nitrogens is 1. The maximum atomic E-state index is 13.4. The van der Waals surface area contributed by atoms with Crippen molar-refractivity contribution in [1.29, 1.82) is 0 Å². The summed E-state index contributed by atoms with van der Waals surface area (Å²) in [6.45, 7) is 2.40. The van der Waals surface area contributed by atoms with Gasteiger partial charge >= 0.3 is 6.03 Å². The van der Waals surface area contributed by atoms with Crippen molar-refractivity contribution in [3.05, 3.63) is 89.7 Å². The maximum Gasteiger partial charge on any atom is 0.321 e. The molecular weight excluding hydrogens is 550 g/mol. The van der Waals surface area contributed by atoms with Crippen molar-refractivity contribution in [1.82, 2.24) is 19.1 Å². The van der Waals surface area contributed by atoms with Gasteiger partial charge in [0, 0.05) is 62.1 Å². The molecule has 2 saturated heterocycles. The summed E-state index contributed by atoms with van der Waals surface area (Å²) >= 11 is 0. The molecular formula is C32H37N5O4S. The fourth-order valence-corrected chi connectivity index (χ4v) is 6.16. The molecule has 0 unspecified atom stereocenters. The summed E-state index contributed by atoms with van der Waals surface area (Å²) in [4.78, 5) is 22.3. The Bertz CT molecular complexity index is 1540. The van der Waals surface area contributed by atoms with E-state index in [9.17, 15) is 13.2 Å². The number of rotatable bonds is 6. The van der Waals surface area contributed by atoms with Crippen molar-refractivity contribution >= 4 is 21.7 Å². The Morgan fingerprint density at radius 1 is 1.05 bits per heavy atom. The molecule has 1 aromatic heterocycles. The topological polar surface area (TPSA) is 95.1 Å². The molecule has 3 atom stereocenters. The molecule has 10 heteroatoms. The molecule has 0 spiro atoms. The van der Waals surface area contributed by atoms with Crippen molar-refractivity contribution in [2.75, 3.05) is 51.9 Å². The van der Waals surface area contributed by atoms with E-state index >= 15 is 0 Å². The number of ether oxygens (including phenoxy) is 1. The van der Waals surface area contributed by atoms with E-state index in [1.54, 1.807) is 14.2 Å². The highest BCUT2D eigenvalue weighted by Crippen LogP contribution is 2.42. The molecule has 3 heterocycles. The van der Waals surface area contributed by atoms with Gasteiger partial charge in [0.15, 0.2) is 0 Å². The van der Waals surface area contributed by atoms with Crippen LogP contribution in [0.4, 0.5) is 10.5 Å². The fourth-order valence-electron chi connectivity index (χ4n) is 5.73. The summed E-state index contributed by atoms with van der Waals surface area (Å²) in [6, 6.07) is 20.9. The zero-order valence-corrected chi connectivity index (χ0v) is 25.0. The number of nitrogens with one attached hydrogen (secondary N) is 1. The number of anilines is 1. The number of benzene rings is 2. The van der Waals surface area contributed by atoms with Crippen molar-refractivity contribution in [2.45, 2.75) is 30.8 Å². The number of likely N-dealkylation sites (N-methyl/N-ethyl adjacent to an activating group) is 1. The number of sulfonamides is 1. The summed E-state index contributed by atoms with van der Waals surface area (Å²) in [5.41, 5.74) is 3.31. The second-order valence-corrected chi connectivity index (χ2v) is 12.9. The highest BCUT2D eigenvalue weighted by molar-refractivity contribution is 7.88. The van der Waals surface area contributed by atoms with Crippen LogP contribution in [-0.4, -0.2) is 92.2 Å². The fraction of sp³-hybridized carbons (Fsp3) is 0.375. The smallest absolute Gasteiger partial charge is 0.321 e. The molecule has 2 amide bonds. The van der Waals surface area contributed by atoms with Gasteiger partial charge in [0.1, 0.15) is 11.4 Å². The van der Waals surface area contributed by atoms with E-state index in [1.165, 1.54) is 10.6 Å². The lowest BCUT2D eigenvalue weighted by Crippen LogP contribution is -2.69. The van der Waals surface area contributed by atoms with E-state index in [4.69, 9.17) is 4.74 Å². The van der Waals surface area contributed by atoms with Crippen molar-refractivity contribution < 1.29 is 17.9 Å². The molecule has 2 aromatic carbocycles. The van der Waals surface area contributed by atoms with Gasteiger partial charge in [-0.1, -0.05) is 30.2 Å². The average Bonchev–Trinajstić information content (AvgIpc) is 2.97. The molecule has 220 valence electrons. The zero-order valence-electron chi connectivity index (χ0n) is 24.2. The normalized spacial score (nSPS) is 20.8. The van der Waals surface area contributed by atoms with Gasteiger partial charge in [-0.2, -0.15) is 0 Å². The summed E-state index contributed by atoms with van der Waals surface area (Å²) in [7, 11) is -0.117. The third-order valence-corrected chi connectivity index (χ3v) is 9.38. The Hall–Kier alpha value is -3.91. The first-order chi connectivity index (χ1) is 20.2. The van der Waals surface area contributed by atoms with Crippen LogP contribution in [0.25, 0.3) is 0 Å². The Morgan fingerprint density at radius 3 is 2.45 bits per heavy atom. The number of methoxy groups -OCH3 is 1. The lowest BCUT2D eigenvalue weighted by atomic mass is 9.74. The van der Waals surface area contributed by atoms with E-state index in [0.29, 0.717) is 31.0 Å². The lowest BCUT2D eigenvalue weighted by molar-refractivity contribution is -0.0403. The van der Waals surface area contributed by atoms with E-state index in [2.05, 4.69) is 27.0 Å². The summed E-state index contributed by atoms with van der Waals surface area (Å²) in [5, 5.41) is 3.02. The van der Waals surface area contributed by atoms with Crippen LogP contribution in [0.1, 0.15) is 35.6 Å². The van der Waals surface area contributed by atoms with Crippen molar-refractivity contribution in [3.8, 4) is 17.6 Å². The molecule has 2 aliphatic rings. The van der Waals surface area contributed by atoms with Crippen LogP contribution in [0.3, 0.4) is 0 Å². The maximum absolute atomic E-state index is 13.4. The second kappa shape index (κ2) is 12.9. The van der Waals surface area contributed by atoms with E-state index in [0.717, 1.165) is 36.3 Å². The molecule has 1 N–H and O–H groups in total. The Kier molecular flexibility index (Phi) is 9.12. The minimum atomic E-state index is -3.35. The van der Waals surface area contributed by atoms with Crippen LogP contribution in [0.2, 0.25) is 0 Å². The molecule has 0 saturated carbocycles. The minimum absolute atomic E-state index is 0.00668. The molecule has 9 nitrogen and oxygen atoms in total. The first-order valence-electron chi connectivity index (χ1n) is 14.1. The van der Waals surface area contributed by atoms with Crippen molar-refractivity contribution in [3.63, 3.8) is 0 Å². The number of pyridine rings is 1. The number of amides is 2. The van der Waals surface area contributed by atoms with Crippen LogP contribution in [0, 0.1) is 11.8 Å². The van der Waals surface area contributed by atoms with E-state index in [1.807, 2.05) is 77.8 Å². The van der Waals surface area contributed by atoms with E-state index in [-0.39, 0.29) is 24.0 Å². The Morgan fingerprint density at radius 2 is 1.79 bits per heavy atom. The summed E-state index contributed by atoms with van der Waals surface area (Å²) < 4.78 is 31.3. The Balaban J connectivity index is 1.37. The number of urea groups is 1. The Labute approximate surface area is 248 Å². The monoisotopic (exact) mass is 587 g/mol. The summed E-state index contributed by atoms with van der Waals surface area (Å²) in [6.07, 6.45) is 4.87. The van der Waals surface area contributed by atoms with Gasteiger partial charge in [0.05, 0.1) is 13.4 Å². The molecule has 0 aliphatic carbocycles. The van der Waals surface area contributed by atoms with Crippen LogP contribution >= 0.6 is 0 Å². The van der Waals surface area contributed by atoms with Gasteiger partial charge < -0.3 is 15.0 Å². The molecule has 0 radical (unpaired) electrons. The lowest BCUT2D eigenvalue weighted by Gasteiger charge is -2.58. The number of fused-ring (bicyclic) bond motifs is 1. The number of hydrogen-bond acceptors (Lipinski definition) is 6. The number of nitrogens with zero attached hydrogens (tertiary/aromatic N) is 4. The SMILES string of the molecule is COc1ccc(NC(=O)N2CCCCN3[C@H](CN(C)S(C)(=O)=O)[C@H](c4ccc(C#Cc5ccccc5)nc4)[C@@H]3C2)cc1. The van der Waals surface area contributed by atoms with Gasteiger partial charge in [-0.15, -0.1) is 0 Å². The third kappa shape index (κ3) is 6.93. The van der Waals surface area contributed by atoms with Gasteiger partial charge in [-0.25, -0.2) is 22.5 Å². The molecule has 2 fully saturated rings. The van der Waals surface area contributed by atoms with Crippen molar-refractivity contribution in [2.24, 2.45) is 0 Å². The summed E-state index contributed by atoms with van der Waals surface area (Å²) in [5.74, 6) is 7.00. The number of hydrogen-bond donors (Lipinski definition) is 1.